The molecule has 0 aliphatic heterocycles. The first-order chi connectivity index (χ1) is 4.81. The summed E-state index contributed by atoms with van der Waals surface area (Å²) in [5, 5.41) is 0. The molecule has 0 aliphatic rings. The average Bonchev–Trinajstić information content (AvgIpc) is 1.98. The zero-order valence-corrected chi connectivity index (χ0v) is 5.87. The molecule has 3 heteroatoms. The summed E-state index contributed by atoms with van der Waals surface area (Å²) in [7, 11) is 1.33. The van der Waals surface area contributed by atoms with Gasteiger partial charge in [-0.15, -0.1) is 0 Å². The van der Waals surface area contributed by atoms with E-state index in [0.29, 0.717) is 6.42 Å². The Kier molecular flexibility index (Phi) is 5.33. The van der Waals surface area contributed by atoms with Crippen molar-refractivity contribution in [3.05, 3.63) is 12.2 Å². The fourth-order valence-corrected chi connectivity index (χ4v) is 0.415. The summed E-state index contributed by atoms with van der Waals surface area (Å²) in [6.07, 6.45) is 4.61. The SMILES string of the molecule is COC(=O)C/C=C/CC=O. The molecular formula is C7H10O3. The van der Waals surface area contributed by atoms with E-state index < -0.39 is 0 Å². The lowest BCUT2D eigenvalue weighted by Gasteiger charge is -1.90. The van der Waals surface area contributed by atoms with Crippen molar-refractivity contribution < 1.29 is 14.3 Å². The maximum atomic E-state index is 10.4. The van der Waals surface area contributed by atoms with Gasteiger partial charge >= 0.3 is 5.97 Å². The number of carbonyl (C=O) groups is 2. The Labute approximate surface area is 59.7 Å². The van der Waals surface area contributed by atoms with E-state index in [4.69, 9.17) is 0 Å². The summed E-state index contributed by atoms with van der Waals surface area (Å²) >= 11 is 0. The highest BCUT2D eigenvalue weighted by atomic mass is 16.5. The van der Waals surface area contributed by atoms with Crippen molar-refractivity contribution in [3.63, 3.8) is 0 Å². The molecule has 0 heterocycles. The highest BCUT2D eigenvalue weighted by Crippen LogP contribution is 1.87. The largest absolute Gasteiger partial charge is 0.469 e. The van der Waals surface area contributed by atoms with Crippen molar-refractivity contribution in [3.8, 4) is 0 Å². The molecule has 10 heavy (non-hydrogen) atoms. The van der Waals surface area contributed by atoms with Crippen LogP contribution in [0.2, 0.25) is 0 Å². The molecule has 0 saturated carbocycles. The van der Waals surface area contributed by atoms with Crippen molar-refractivity contribution in [2.24, 2.45) is 0 Å². The van der Waals surface area contributed by atoms with Crippen LogP contribution in [0.1, 0.15) is 12.8 Å². The molecule has 3 nitrogen and oxygen atoms in total. The summed E-state index contributed by atoms with van der Waals surface area (Å²) in [5.41, 5.74) is 0. The van der Waals surface area contributed by atoms with E-state index in [2.05, 4.69) is 4.74 Å². The van der Waals surface area contributed by atoms with Crippen LogP contribution in [-0.2, 0) is 14.3 Å². The quantitative estimate of drug-likeness (QED) is 0.329. The molecule has 0 unspecified atom stereocenters. The lowest BCUT2D eigenvalue weighted by Crippen LogP contribution is -1.96. The van der Waals surface area contributed by atoms with Crippen LogP contribution in [0.25, 0.3) is 0 Å². The van der Waals surface area contributed by atoms with Crippen molar-refractivity contribution in [1.29, 1.82) is 0 Å². The molecule has 0 aromatic rings. The molecule has 0 spiro atoms. The van der Waals surface area contributed by atoms with Gasteiger partial charge in [-0.1, -0.05) is 12.2 Å². The van der Waals surface area contributed by atoms with E-state index in [9.17, 15) is 9.59 Å². The Morgan fingerprint density at radius 2 is 2.20 bits per heavy atom. The van der Waals surface area contributed by atoms with Crippen LogP contribution in [0.4, 0.5) is 0 Å². The highest BCUT2D eigenvalue weighted by molar-refractivity contribution is 5.71. The lowest BCUT2D eigenvalue weighted by atomic mass is 10.3. The van der Waals surface area contributed by atoms with Gasteiger partial charge in [0.1, 0.15) is 6.29 Å². The van der Waals surface area contributed by atoms with Crippen molar-refractivity contribution >= 4 is 12.3 Å². The van der Waals surface area contributed by atoms with Gasteiger partial charge in [-0.25, -0.2) is 0 Å². The molecule has 0 bridgehead atoms. The topological polar surface area (TPSA) is 43.4 Å². The van der Waals surface area contributed by atoms with Crippen LogP contribution in [0, 0.1) is 0 Å². The highest BCUT2D eigenvalue weighted by Gasteiger charge is 1.92. The number of allylic oxidation sites excluding steroid dienone is 1. The summed E-state index contributed by atoms with van der Waals surface area (Å²) in [6.45, 7) is 0. The number of hydrogen-bond acceptors (Lipinski definition) is 3. The number of aldehydes is 1. The Bertz CT molecular complexity index is 138. The Balaban J connectivity index is 3.33. The number of esters is 1. The van der Waals surface area contributed by atoms with Crippen LogP contribution in [0.5, 0.6) is 0 Å². The standard InChI is InChI=1S/C7H10O3/c1-10-7(9)5-3-2-4-6-8/h2-3,6H,4-5H2,1H3/b3-2+. The summed E-state index contributed by atoms with van der Waals surface area (Å²) < 4.78 is 4.35. The van der Waals surface area contributed by atoms with Gasteiger partial charge in [0.15, 0.2) is 0 Å². The Morgan fingerprint density at radius 1 is 1.50 bits per heavy atom. The average molecular weight is 142 g/mol. The second kappa shape index (κ2) is 6.01. The third-order valence-electron chi connectivity index (χ3n) is 0.911. The van der Waals surface area contributed by atoms with Gasteiger partial charge in [-0.05, 0) is 0 Å². The van der Waals surface area contributed by atoms with Crippen molar-refractivity contribution in [2.45, 2.75) is 12.8 Å². The molecule has 0 N–H and O–H groups in total. The zero-order chi connectivity index (χ0) is 7.82. The van der Waals surface area contributed by atoms with E-state index in [0.717, 1.165) is 6.29 Å². The van der Waals surface area contributed by atoms with Gasteiger partial charge in [0, 0.05) is 6.42 Å². The fourth-order valence-electron chi connectivity index (χ4n) is 0.415. The first-order valence-corrected chi connectivity index (χ1v) is 2.96. The van der Waals surface area contributed by atoms with E-state index >= 15 is 0 Å². The molecule has 56 valence electrons. The van der Waals surface area contributed by atoms with Gasteiger partial charge in [0.05, 0.1) is 13.5 Å². The predicted molar refractivity (Wildman–Crippen MR) is 36.5 cm³/mol. The van der Waals surface area contributed by atoms with Crippen LogP contribution in [0.3, 0.4) is 0 Å². The lowest BCUT2D eigenvalue weighted by molar-refractivity contribution is -0.139. The van der Waals surface area contributed by atoms with Crippen LogP contribution in [-0.4, -0.2) is 19.4 Å². The maximum absolute atomic E-state index is 10.4. The minimum atomic E-state index is -0.290. The first kappa shape index (κ1) is 8.88. The third kappa shape index (κ3) is 5.03. The normalized spacial score (nSPS) is 9.70. The predicted octanol–water partition coefficient (Wildman–Crippen LogP) is 0.695. The summed E-state index contributed by atoms with van der Waals surface area (Å²) in [6, 6.07) is 0. The number of ether oxygens (including phenoxy) is 1. The molecule has 0 aromatic heterocycles. The second-order valence-electron chi connectivity index (χ2n) is 1.65. The third-order valence-corrected chi connectivity index (χ3v) is 0.911. The molecule has 0 saturated heterocycles. The second-order valence-corrected chi connectivity index (χ2v) is 1.65. The van der Waals surface area contributed by atoms with E-state index in [1.165, 1.54) is 7.11 Å². The molecule has 0 amide bonds. The van der Waals surface area contributed by atoms with Crippen molar-refractivity contribution in [2.75, 3.05) is 7.11 Å². The molecule has 0 rings (SSSR count). The van der Waals surface area contributed by atoms with Crippen LogP contribution >= 0.6 is 0 Å². The minimum Gasteiger partial charge on any atom is -0.469 e. The van der Waals surface area contributed by atoms with Gasteiger partial charge in [-0.2, -0.15) is 0 Å². The molecule has 0 fully saturated rings. The summed E-state index contributed by atoms with van der Waals surface area (Å²) in [4.78, 5) is 20.2. The first-order valence-electron chi connectivity index (χ1n) is 2.96. The van der Waals surface area contributed by atoms with Crippen molar-refractivity contribution in [1.82, 2.24) is 0 Å². The summed E-state index contributed by atoms with van der Waals surface area (Å²) in [5.74, 6) is -0.290. The maximum Gasteiger partial charge on any atom is 0.309 e. The number of carbonyl (C=O) groups excluding carboxylic acids is 2. The van der Waals surface area contributed by atoms with E-state index in [1.807, 2.05) is 0 Å². The van der Waals surface area contributed by atoms with Crippen LogP contribution < -0.4 is 0 Å². The minimum absolute atomic E-state index is 0.240. The van der Waals surface area contributed by atoms with Gasteiger partial charge in [0.25, 0.3) is 0 Å². The van der Waals surface area contributed by atoms with Crippen LogP contribution in [0.15, 0.2) is 12.2 Å². The smallest absolute Gasteiger partial charge is 0.309 e. The molecular weight excluding hydrogens is 132 g/mol. The fraction of sp³-hybridized carbons (Fsp3) is 0.429. The van der Waals surface area contributed by atoms with Gasteiger partial charge in [-0.3, -0.25) is 4.79 Å². The van der Waals surface area contributed by atoms with Gasteiger partial charge < -0.3 is 9.53 Å². The molecule has 0 atom stereocenters. The molecule has 0 aromatic carbocycles. The number of rotatable bonds is 4. The molecule has 0 aliphatic carbocycles. The zero-order valence-electron chi connectivity index (χ0n) is 5.87. The number of methoxy groups -OCH3 is 1. The monoisotopic (exact) mass is 142 g/mol. The van der Waals surface area contributed by atoms with E-state index in [1.54, 1.807) is 12.2 Å². The molecule has 0 radical (unpaired) electrons. The number of hydrogen-bond donors (Lipinski definition) is 0. The Hall–Kier alpha value is -1.12. The van der Waals surface area contributed by atoms with E-state index in [-0.39, 0.29) is 12.4 Å². The Morgan fingerprint density at radius 3 is 2.70 bits per heavy atom. The van der Waals surface area contributed by atoms with Gasteiger partial charge in [0.2, 0.25) is 0 Å².